The van der Waals surface area contributed by atoms with Crippen LogP contribution in [0.3, 0.4) is 0 Å². The number of ether oxygens (including phenoxy) is 6. The number of hydrogen-bond acceptors (Lipinski definition) is 9. The minimum absolute atomic E-state index is 0.254. The van der Waals surface area contributed by atoms with Crippen molar-refractivity contribution in [3.05, 3.63) is 47.8 Å². The van der Waals surface area contributed by atoms with Crippen LogP contribution >= 0.6 is 0 Å². The molecule has 0 radical (unpaired) electrons. The van der Waals surface area contributed by atoms with E-state index in [9.17, 15) is 19.5 Å². The highest BCUT2D eigenvalue weighted by molar-refractivity contribution is 5.95. The summed E-state index contributed by atoms with van der Waals surface area (Å²) in [7, 11) is 4.76. The molecule has 0 fully saturated rings. The second kappa shape index (κ2) is 10.3. The molecule has 10 nitrogen and oxygen atoms in total. The predicted molar refractivity (Wildman–Crippen MR) is 88.9 cm³/mol. The van der Waals surface area contributed by atoms with Crippen molar-refractivity contribution in [1.29, 1.82) is 0 Å². The predicted octanol–water partition coefficient (Wildman–Crippen LogP) is 1.46. The number of esters is 2. The number of carbonyl (C=O) groups excluding carboxylic acids is 2. The lowest BCUT2D eigenvalue weighted by molar-refractivity contribution is -0.139. The average Bonchev–Trinajstić information content (AvgIpc) is 2.65. The molecule has 1 aromatic rings. The maximum absolute atomic E-state index is 11.7. The monoisotopic (exact) mass is 382 g/mol. The number of carboxylic acids is 1. The van der Waals surface area contributed by atoms with E-state index in [-0.39, 0.29) is 11.5 Å². The molecule has 1 N–H and O–H groups in total. The van der Waals surface area contributed by atoms with Crippen molar-refractivity contribution in [2.24, 2.45) is 0 Å². The third kappa shape index (κ3) is 5.66. The van der Waals surface area contributed by atoms with E-state index in [0.29, 0.717) is 0 Å². The second-order valence-electron chi connectivity index (χ2n) is 4.56. The third-order valence-corrected chi connectivity index (χ3v) is 2.86. The van der Waals surface area contributed by atoms with Crippen molar-refractivity contribution in [3.8, 4) is 11.5 Å². The summed E-state index contributed by atoms with van der Waals surface area (Å²) in [6.45, 7) is 0. The highest BCUT2D eigenvalue weighted by Gasteiger charge is 2.24. The molecule has 0 heterocycles. The van der Waals surface area contributed by atoms with E-state index in [1.807, 2.05) is 0 Å². The Bertz CT molecular complexity index is 709. The maximum Gasteiger partial charge on any atom is 0.377 e. The Morgan fingerprint density at radius 1 is 0.815 bits per heavy atom. The largest absolute Gasteiger partial charge is 0.500 e. The van der Waals surface area contributed by atoms with Crippen LogP contribution in [0.4, 0.5) is 0 Å². The summed E-state index contributed by atoms with van der Waals surface area (Å²) in [5, 5.41) is 9.53. The van der Waals surface area contributed by atoms with Crippen LogP contribution in [-0.4, -0.2) is 51.5 Å². The van der Waals surface area contributed by atoms with Crippen molar-refractivity contribution < 1.29 is 47.9 Å². The molecule has 0 aliphatic rings. The van der Waals surface area contributed by atoms with Gasteiger partial charge in [0.1, 0.15) is 29.6 Å². The van der Waals surface area contributed by atoms with Gasteiger partial charge in [0.15, 0.2) is 0 Å². The van der Waals surface area contributed by atoms with Gasteiger partial charge in [0.2, 0.25) is 11.5 Å². The van der Waals surface area contributed by atoms with Crippen molar-refractivity contribution in [2.45, 2.75) is 0 Å². The standard InChI is InChI=1S/C17H18O10/c1-22-8-12(16(20)24-3)26-10-6-5-7-11(14(10)15(18)19)27-13(9-23-2)17(21)25-4/h5-9H,1-4H3,(H,18,19)/b12-8-,13-9+. The van der Waals surface area contributed by atoms with Gasteiger partial charge in [-0.1, -0.05) is 6.07 Å². The van der Waals surface area contributed by atoms with Crippen molar-refractivity contribution >= 4 is 17.9 Å². The normalized spacial score (nSPS) is 11.3. The first-order chi connectivity index (χ1) is 12.9. The number of benzene rings is 1. The fourth-order valence-electron chi connectivity index (χ4n) is 1.77. The van der Waals surface area contributed by atoms with Gasteiger partial charge in [-0.2, -0.15) is 0 Å². The minimum Gasteiger partial charge on any atom is -0.500 e. The van der Waals surface area contributed by atoms with Crippen LogP contribution < -0.4 is 9.47 Å². The number of methoxy groups -OCH3 is 4. The van der Waals surface area contributed by atoms with E-state index in [1.54, 1.807) is 0 Å². The molecular formula is C17H18O10. The number of aromatic carboxylic acids is 1. The van der Waals surface area contributed by atoms with Gasteiger partial charge in [-0.3, -0.25) is 0 Å². The van der Waals surface area contributed by atoms with Gasteiger partial charge < -0.3 is 33.5 Å². The summed E-state index contributed by atoms with van der Waals surface area (Å²) < 4.78 is 29.1. The summed E-state index contributed by atoms with van der Waals surface area (Å²) in [6, 6.07) is 3.95. The molecule has 0 unspecified atom stereocenters. The SMILES string of the molecule is CO/C=C(\Oc1cccc(O/C(=C/OC)C(=O)OC)c1C(=O)O)C(=O)OC. The molecule has 10 heteroatoms. The Hall–Kier alpha value is -3.69. The van der Waals surface area contributed by atoms with E-state index in [4.69, 9.17) is 18.9 Å². The van der Waals surface area contributed by atoms with Gasteiger partial charge in [0.25, 0.3) is 0 Å². The molecule has 0 atom stereocenters. The zero-order chi connectivity index (χ0) is 20.4. The smallest absolute Gasteiger partial charge is 0.377 e. The summed E-state index contributed by atoms with van der Waals surface area (Å²) in [5.41, 5.74) is -0.464. The molecule has 1 rings (SSSR count). The molecule has 0 bridgehead atoms. The highest BCUT2D eigenvalue weighted by atomic mass is 16.6. The van der Waals surface area contributed by atoms with Gasteiger partial charge in [-0.15, -0.1) is 0 Å². The molecule has 0 aliphatic carbocycles. The maximum atomic E-state index is 11.7. The Morgan fingerprint density at radius 2 is 1.22 bits per heavy atom. The molecule has 1 aromatic carbocycles. The fourth-order valence-corrected chi connectivity index (χ4v) is 1.77. The van der Waals surface area contributed by atoms with Gasteiger partial charge in [0.05, 0.1) is 28.4 Å². The van der Waals surface area contributed by atoms with Gasteiger partial charge >= 0.3 is 17.9 Å². The van der Waals surface area contributed by atoms with Crippen LogP contribution in [0.25, 0.3) is 0 Å². The number of rotatable bonds is 9. The zero-order valence-electron chi connectivity index (χ0n) is 15.0. The molecule has 146 valence electrons. The number of carbonyl (C=O) groups is 3. The van der Waals surface area contributed by atoms with E-state index < -0.39 is 35.0 Å². The Kier molecular flexibility index (Phi) is 8.17. The van der Waals surface area contributed by atoms with E-state index in [1.165, 1.54) is 32.4 Å². The zero-order valence-corrected chi connectivity index (χ0v) is 15.0. The Balaban J connectivity index is 3.38. The van der Waals surface area contributed by atoms with Crippen molar-refractivity contribution in [2.75, 3.05) is 28.4 Å². The molecule has 0 aliphatic heterocycles. The van der Waals surface area contributed by atoms with Crippen molar-refractivity contribution in [1.82, 2.24) is 0 Å². The lowest BCUT2D eigenvalue weighted by Gasteiger charge is -2.14. The second-order valence-corrected chi connectivity index (χ2v) is 4.56. The van der Waals surface area contributed by atoms with E-state index in [0.717, 1.165) is 26.7 Å². The number of carboxylic acid groups (broad SMARTS) is 1. The Labute approximate surface area is 154 Å². The highest BCUT2D eigenvalue weighted by Crippen LogP contribution is 2.31. The molecule has 0 spiro atoms. The van der Waals surface area contributed by atoms with Crippen LogP contribution in [0.5, 0.6) is 11.5 Å². The van der Waals surface area contributed by atoms with Crippen LogP contribution in [0, 0.1) is 0 Å². The Morgan fingerprint density at radius 3 is 1.52 bits per heavy atom. The van der Waals surface area contributed by atoms with Crippen LogP contribution in [0.15, 0.2) is 42.2 Å². The molecule has 0 saturated heterocycles. The lowest BCUT2D eigenvalue weighted by Crippen LogP contribution is -2.15. The molecule has 0 saturated carbocycles. The molecule has 27 heavy (non-hydrogen) atoms. The van der Waals surface area contributed by atoms with Gasteiger partial charge in [0, 0.05) is 0 Å². The molecule has 0 aromatic heterocycles. The lowest BCUT2D eigenvalue weighted by atomic mass is 10.1. The first-order valence-electron chi connectivity index (χ1n) is 7.24. The first-order valence-corrected chi connectivity index (χ1v) is 7.24. The van der Waals surface area contributed by atoms with Crippen LogP contribution in [-0.2, 0) is 28.5 Å². The van der Waals surface area contributed by atoms with Crippen molar-refractivity contribution in [3.63, 3.8) is 0 Å². The van der Waals surface area contributed by atoms with Gasteiger partial charge in [-0.05, 0) is 12.1 Å². The first kappa shape index (κ1) is 21.4. The van der Waals surface area contributed by atoms with Crippen LogP contribution in [0.1, 0.15) is 10.4 Å². The topological polar surface area (TPSA) is 127 Å². The summed E-state index contributed by atoms with van der Waals surface area (Å²) in [4.78, 5) is 35.1. The number of hydrogen-bond donors (Lipinski definition) is 1. The van der Waals surface area contributed by atoms with E-state index in [2.05, 4.69) is 9.47 Å². The minimum atomic E-state index is -1.44. The molecular weight excluding hydrogens is 364 g/mol. The summed E-state index contributed by atoms with van der Waals surface area (Å²) in [6.07, 6.45) is 1.88. The average molecular weight is 382 g/mol. The van der Waals surface area contributed by atoms with Crippen LogP contribution in [0.2, 0.25) is 0 Å². The summed E-state index contributed by atoms with van der Waals surface area (Å²) >= 11 is 0. The van der Waals surface area contributed by atoms with Gasteiger partial charge in [-0.25, -0.2) is 14.4 Å². The summed E-state index contributed by atoms with van der Waals surface area (Å²) in [5.74, 6) is -4.54. The molecule has 0 amide bonds. The van der Waals surface area contributed by atoms with E-state index >= 15 is 0 Å². The quantitative estimate of drug-likeness (QED) is 0.381. The third-order valence-electron chi connectivity index (χ3n) is 2.86. The fraction of sp³-hybridized carbons (Fsp3) is 0.235.